The predicted molar refractivity (Wildman–Crippen MR) is 53.7 cm³/mol. The summed E-state index contributed by atoms with van der Waals surface area (Å²) in [4.78, 5) is 1.97. The Morgan fingerprint density at radius 1 is 1.20 bits per heavy atom. The molecular formula is CH3I3Pb. The molecule has 32 valence electrons. The van der Waals surface area contributed by atoms with E-state index in [0.717, 1.165) is 0 Å². The van der Waals surface area contributed by atoms with Gasteiger partial charge in [-0.3, -0.25) is 0 Å². The van der Waals surface area contributed by atoms with Crippen molar-refractivity contribution in [1.82, 2.24) is 0 Å². The Bertz CT molecular complexity index is 6.85. The molecule has 0 heterocycles. The molecule has 5 heavy (non-hydrogen) atoms. The summed E-state index contributed by atoms with van der Waals surface area (Å²) >= 11 is 7.11. The first-order chi connectivity index (χ1) is 2.41. The summed E-state index contributed by atoms with van der Waals surface area (Å²) in [7, 11) is 0. The fourth-order valence-corrected chi connectivity index (χ4v) is 0. The number of hydrogen-bond acceptors (Lipinski definition) is 0. The van der Waals surface area contributed by atoms with Gasteiger partial charge in [0.2, 0.25) is 0 Å². The molecule has 0 atom stereocenters. The summed E-state index contributed by atoms with van der Waals surface area (Å²) in [5.74, 6) is 0. The van der Waals surface area contributed by atoms with Gasteiger partial charge in [-0.05, 0) is 4.93 Å². The van der Waals surface area contributed by atoms with Crippen LogP contribution in [-0.2, 0) is 0 Å². The Hall–Kier alpha value is 3.11. The summed E-state index contributed by atoms with van der Waals surface area (Å²) in [5, 5.41) is 0. The molecule has 0 saturated heterocycles. The molecule has 0 fully saturated rings. The van der Waals surface area contributed by atoms with E-state index >= 15 is 0 Å². The molecule has 0 amide bonds. The zero-order valence-corrected chi connectivity index (χ0v) is 13.0. The molecule has 0 aromatic heterocycles. The van der Waals surface area contributed by atoms with E-state index in [0.29, 0.717) is 0 Å². The van der Waals surface area contributed by atoms with Crippen LogP contribution in [0.3, 0.4) is 0 Å². The third-order valence-corrected chi connectivity index (χ3v) is 0. The van der Waals surface area contributed by atoms with E-state index in [9.17, 15) is 0 Å². The van der Waals surface area contributed by atoms with Crippen molar-refractivity contribution in [2.45, 2.75) is 0 Å². The molecule has 0 aliphatic heterocycles. The van der Waals surface area contributed by atoms with Crippen LogP contribution < -0.4 is 0 Å². The summed E-state index contributed by atoms with van der Waals surface area (Å²) in [5.41, 5.74) is 0. The molecule has 0 aliphatic rings. The predicted octanol–water partition coefficient (Wildman–Crippen LogP) is 2.44. The van der Waals surface area contributed by atoms with Crippen molar-refractivity contribution in [2.24, 2.45) is 0 Å². The molecule has 4 heteroatoms. The summed E-state index contributed by atoms with van der Waals surface area (Å²) < 4.78 is 0. The summed E-state index contributed by atoms with van der Waals surface area (Å²) in [6, 6.07) is 0. The zero-order chi connectivity index (χ0) is 4.71. The van der Waals surface area contributed by atoms with Crippen LogP contribution in [-0.4, -0.2) is 20.6 Å². The van der Waals surface area contributed by atoms with Gasteiger partial charge in [-0.15, -0.1) is 0 Å². The Morgan fingerprint density at radius 3 is 1.20 bits per heavy atom. The first-order valence-electron chi connectivity index (χ1n) is 0.756. The quantitative estimate of drug-likeness (QED) is 0.227. The molecule has 0 saturated carbocycles. The Balaban J connectivity index is 0. The Labute approximate surface area is 76.5 Å². The topological polar surface area (TPSA) is 0 Å². The first kappa shape index (κ1) is 11.0. The molecule has 0 rings (SSSR count). The van der Waals surface area contributed by atoms with Gasteiger partial charge in [0.25, 0.3) is 0 Å². The second kappa shape index (κ2) is 15.7. The van der Waals surface area contributed by atoms with Crippen molar-refractivity contribution in [1.29, 1.82) is 0 Å². The van der Waals surface area contributed by atoms with Crippen LogP contribution in [0.5, 0.6) is 0 Å². The van der Waals surface area contributed by atoms with Crippen molar-refractivity contribution in [3.05, 3.63) is 0 Å². The van der Waals surface area contributed by atoms with E-state index in [1.54, 1.807) is 0 Å². The molecular weight excluding hydrogens is 600 g/mol. The maximum atomic E-state index is 2.47. The average molecular weight is 603 g/mol. The van der Waals surface area contributed by atoms with Crippen molar-refractivity contribution in [3.63, 3.8) is 0 Å². The molecule has 0 aromatic carbocycles. The van der Waals surface area contributed by atoms with Crippen molar-refractivity contribution in [2.75, 3.05) is 4.93 Å². The Kier molecular flexibility index (Phi) is 34.5. The minimum atomic E-state index is 0.0233. The van der Waals surface area contributed by atoms with Gasteiger partial charge in [0.15, 0.2) is 0 Å². The number of halogens is 3. The van der Waals surface area contributed by atoms with E-state index in [-0.39, 0.29) is 15.6 Å². The summed E-state index contributed by atoms with van der Waals surface area (Å²) in [6.07, 6.45) is 0. The summed E-state index contributed by atoms with van der Waals surface area (Å²) in [6.45, 7) is 0. The fourth-order valence-electron chi connectivity index (χ4n) is 0. The van der Waals surface area contributed by atoms with E-state index in [1.807, 2.05) is 4.93 Å². The molecule has 2 radical (unpaired) electrons. The van der Waals surface area contributed by atoms with Gasteiger partial charge in [0.1, 0.15) is 0 Å². The third-order valence-electron chi connectivity index (χ3n) is 0. The average Bonchev–Trinajstić information content (AvgIpc) is 1.46. The molecule has 0 aliphatic carbocycles. The Morgan fingerprint density at radius 2 is 1.20 bits per heavy atom. The van der Waals surface area contributed by atoms with E-state index in [4.69, 9.17) is 0 Å². The van der Waals surface area contributed by atoms with Crippen LogP contribution >= 0.6 is 58.1 Å². The normalized spacial score (nSPS) is 4.80. The van der Waals surface area contributed by atoms with Crippen molar-refractivity contribution in [3.8, 4) is 0 Å². The van der Waals surface area contributed by atoms with Crippen molar-refractivity contribution < 1.29 is 0 Å². The maximum absolute atomic E-state index is 2.47. The monoisotopic (exact) mass is 604 g/mol. The van der Waals surface area contributed by atoms with Gasteiger partial charge in [0.05, 0.1) is 0 Å². The number of hydrogen-bond donors (Lipinski definition) is 0. The van der Waals surface area contributed by atoms with Crippen LogP contribution in [0.2, 0.25) is 0 Å². The molecule has 0 unspecified atom stereocenters. The van der Waals surface area contributed by atoms with Gasteiger partial charge >= 0.3 is 51.2 Å². The van der Waals surface area contributed by atoms with Crippen LogP contribution in [0.25, 0.3) is 0 Å². The standard InChI is InChI=1S/CH3I.2HI.Pb/c1-2;;;/h1H3;2*1H;/q;;;+2/p-2. The second-order valence-corrected chi connectivity index (χ2v) is 28.2. The van der Waals surface area contributed by atoms with Crippen LogP contribution in [0.4, 0.5) is 0 Å². The van der Waals surface area contributed by atoms with Crippen LogP contribution in [0, 0.1) is 0 Å². The van der Waals surface area contributed by atoms with Gasteiger partial charge in [-0.2, -0.15) is 0 Å². The van der Waals surface area contributed by atoms with E-state index in [1.165, 1.54) is 0 Å². The number of rotatable bonds is 0. The zero-order valence-electron chi connectivity index (χ0n) is 2.63. The molecule has 0 bridgehead atoms. The molecule has 0 aromatic rings. The fraction of sp³-hybridized carbons (Fsp3) is 1.00. The second-order valence-electron chi connectivity index (χ2n) is 0.0714. The van der Waals surface area contributed by atoms with Crippen molar-refractivity contribution >= 4 is 73.8 Å². The van der Waals surface area contributed by atoms with Gasteiger partial charge in [-0.25, -0.2) is 0 Å². The SMILES string of the molecule is CI.[I][Pb][I]. The first-order valence-corrected chi connectivity index (χ1v) is 24.8. The molecule has 0 spiro atoms. The van der Waals surface area contributed by atoms with Gasteiger partial charge in [0, 0.05) is 0 Å². The van der Waals surface area contributed by atoms with E-state index < -0.39 is 0 Å². The molecule has 0 nitrogen and oxygen atoms in total. The van der Waals surface area contributed by atoms with E-state index in [2.05, 4.69) is 58.1 Å². The van der Waals surface area contributed by atoms with Gasteiger partial charge < -0.3 is 0 Å². The van der Waals surface area contributed by atoms with Gasteiger partial charge in [-0.1, -0.05) is 22.6 Å². The van der Waals surface area contributed by atoms with Crippen LogP contribution in [0.1, 0.15) is 0 Å². The minimum absolute atomic E-state index is 0.0233. The molecule has 0 N–H and O–H groups in total. The number of alkyl halides is 1. The van der Waals surface area contributed by atoms with Crippen LogP contribution in [0.15, 0.2) is 0 Å². The third kappa shape index (κ3) is 19.2.